The smallest absolute Gasteiger partial charge is 0.114 e. The largest absolute Gasteiger partial charge is 0.383 e. The number of rotatable bonds is 2. The van der Waals surface area contributed by atoms with E-state index in [1.807, 2.05) is 30.5 Å². The van der Waals surface area contributed by atoms with Gasteiger partial charge in [-0.3, -0.25) is 4.98 Å². The molecule has 3 heterocycles. The fourth-order valence-corrected chi connectivity index (χ4v) is 4.58. The maximum atomic E-state index is 10.7. The van der Waals surface area contributed by atoms with E-state index in [1.54, 1.807) is 28.9 Å². The average molecular weight is 297 g/mol. The van der Waals surface area contributed by atoms with Gasteiger partial charge in [0.2, 0.25) is 0 Å². The Morgan fingerprint density at radius 2 is 2.05 bits per heavy atom. The molecule has 1 unspecified atom stereocenters. The van der Waals surface area contributed by atoms with Gasteiger partial charge in [0.05, 0.1) is 0 Å². The molecule has 4 aromatic rings. The van der Waals surface area contributed by atoms with Gasteiger partial charge in [0.25, 0.3) is 0 Å². The summed E-state index contributed by atoms with van der Waals surface area (Å²) in [5.74, 6) is 0. The van der Waals surface area contributed by atoms with E-state index in [1.165, 1.54) is 9.40 Å². The Labute approximate surface area is 124 Å². The normalized spacial score (nSPS) is 13.1. The van der Waals surface area contributed by atoms with Gasteiger partial charge < -0.3 is 5.11 Å². The van der Waals surface area contributed by atoms with Crippen molar-refractivity contribution < 1.29 is 5.11 Å². The van der Waals surface area contributed by atoms with Gasteiger partial charge in [0.15, 0.2) is 0 Å². The third-order valence-electron chi connectivity index (χ3n) is 3.44. The van der Waals surface area contributed by atoms with E-state index in [-0.39, 0.29) is 0 Å². The molecule has 1 atom stereocenters. The zero-order valence-corrected chi connectivity index (χ0v) is 12.1. The van der Waals surface area contributed by atoms with E-state index in [2.05, 4.69) is 22.5 Å². The van der Waals surface area contributed by atoms with Crippen LogP contribution in [0.1, 0.15) is 16.5 Å². The maximum Gasteiger partial charge on any atom is 0.114 e. The van der Waals surface area contributed by atoms with Crippen molar-refractivity contribution >= 4 is 42.8 Å². The number of thiophene rings is 2. The first-order valence-corrected chi connectivity index (χ1v) is 8.00. The van der Waals surface area contributed by atoms with Crippen molar-refractivity contribution in [1.82, 2.24) is 4.98 Å². The van der Waals surface area contributed by atoms with Crippen LogP contribution in [-0.2, 0) is 0 Å². The molecule has 0 aliphatic rings. The van der Waals surface area contributed by atoms with Crippen molar-refractivity contribution in [2.45, 2.75) is 6.10 Å². The summed E-state index contributed by atoms with van der Waals surface area (Å²) in [4.78, 5) is 5.13. The number of nitrogens with zero attached hydrogens (tertiary/aromatic N) is 1. The van der Waals surface area contributed by atoms with Crippen LogP contribution >= 0.6 is 22.7 Å². The number of hydrogen-bond acceptors (Lipinski definition) is 4. The number of aromatic nitrogens is 1. The quantitative estimate of drug-likeness (QED) is 0.587. The predicted molar refractivity (Wildman–Crippen MR) is 85.5 cm³/mol. The van der Waals surface area contributed by atoms with Crippen molar-refractivity contribution in [1.29, 1.82) is 0 Å². The van der Waals surface area contributed by atoms with Crippen molar-refractivity contribution in [3.63, 3.8) is 0 Å². The first kappa shape index (κ1) is 12.0. The van der Waals surface area contributed by atoms with Crippen LogP contribution in [0.4, 0.5) is 0 Å². The Kier molecular flexibility index (Phi) is 2.80. The Balaban J connectivity index is 1.87. The lowest BCUT2D eigenvalue weighted by molar-refractivity contribution is 0.226. The summed E-state index contributed by atoms with van der Waals surface area (Å²) in [5.41, 5.74) is 0.943. The van der Waals surface area contributed by atoms with Crippen molar-refractivity contribution in [2.75, 3.05) is 0 Å². The van der Waals surface area contributed by atoms with Gasteiger partial charge in [-0.15, -0.1) is 22.7 Å². The van der Waals surface area contributed by atoms with E-state index < -0.39 is 6.10 Å². The van der Waals surface area contributed by atoms with Gasteiger partial charge >= 0.3 is 0 Å². The number of aliphatic hydroxyl groups is 1. The van der Waals surface area contributed by atoms with E-state index >= 15 is 0 Å². The van der Waals surface area contributed by atoms with Gasteiger partial charge in [-0.05, 0) is 34.5 Å². The second kappa shape index (κ2) is 4.66. The number of fused-ring (bicyclic) bond motifs is 2. The molecule has 0 radical (unpaired) electrons. The van der Waals surface area contributed by atoms with Crippen LogP contribution in [0.5, 0.6) is 0 Å². The average Bonchev–Trinajstić information content (AvgIpc) is 3.07. The fourth-order valence-electron chi connectivity index (χ4n) is 2.46. The summed E-state index contributed by atoms with van der Waals surface area (Å²) < 4.78 is 2.48. The lowest BCUT2D eigenvalue weighted by atomic mass is 10.0. The van der Waals surface area contributed by atoms with Gasteiger partial charge in [0, 0.05) is 32.1 Å². The first-order chi connectivity index (χ1) is 9.83. The topological polar surface area (TPSA) is 33.1 Å². The van der Waals surface area contributed by atoms with E-state index in [0.717, 1.165) is 21.2 Å². The molecule has 0 amide bonds. The van der Waals surface area contributed by atoms with Gasteiger partial charge in [0.1, 0.15) is 6.10 Å². The molecule has 0 spiro atoms. The Morgan fingerprint density at radius 3 is 2.95 bits per heavy atom. The third kappa shape index (κ3) is 1.85. The second-order valence-electron chi connectivity index (χ2n) is 4.64. The molecule has 2 nitrogen and oxygen atoms in total. The number of pyridine rings is 1. The minimum absolute atomic E-state index is 0.578. The van der Waals surface area contributed by atoms with Crippen LogP contribution in [0, 0.1) is 0 Å². The van der Waals surface area contributed by atoms with Crippen LogP contribution in [0.15, 0.2) is 54.2 Å². The summed E-state index contributed by atoms with van der Waals surface area (Å²) in [5, 5.41) is 14.9. The molecule has 0 saturated heterocycles. The molecular formula is C16H11NOS2. The minimum atomic E-state index is -0.578. The van der Waals surface area contributed by atoms with Crippen molar-refractivity contribution in [3.05, 3.63) is 64.6 Å². The molecule has 20 heavy (non-hydrogen) atoms. The molecule has 4 rings (SSSR count). The summed E-state index contributed by atoms with van der Waals surface area (Å²) >= 11 is 3.37. The van der Waals surface area contributed by atoms with Crippen LogP contribution in [0.2, 0.25) is 0 Å². The molecule has 0 fully saturated rings. The highest BCUT2D eigenvalue weighted by atomic mass is 32.1. The summed E-state index contributed by atoms with van der Waals surface area (Å²) in [7, 11) is 0. The van der Waals surface area contributed by atoms with E-state index in [0.29, 0.717) is 0 Å². The Morgan fingerprint density at radius 1 is 1.10 bits per heavy atom. The number of benzene rings is 1. The molecule has 4 heteroatoms. The van der Waals surface area contributed by atoms with Crippen molar-refractivity contribution in [3.8, 4) is 0 Å². The Bertz CT molecular complexity index is 860. The van der Waals surface area contributed by atoms with Crippen molar-refractivity contribution in [2.24, 2.45) is 0 Å². The standard InChI is InChI=1S/C16H11NOS2/c18-16(15-8-14-13(20-15)5-7-19-14)12-3-1-2-10-9-17-6-4-11(10)12/h1-9,16,18H. The minimum Gasteiger partial charge on any atom is -0.383 e. The van der Waals surface area contributed by atoms with Crippen LogP contribution in [-0.4, -0.2) is 10.1 Å². The van der Waals surface area contributed by atoms with Gasteiger partial charge in [-0.2, -0.15) is 0 Å². The van der Waals surface area contributed by atoms with Crippen LogP contribution in [0.25, 0.3) is 20.2 Å². The monoisotopic (exact) mass is 297 g/mol. The lowest BCUT2D eigenvalue weighted by Crippen LogP contribution is -1.98. The summed E-state index contributed by atoms with van der Waals surface area (Å²) in [6.45, 7) is 0. The second-order valence-corrected chi connectivity index (χ2v) is 6.71. The zero-order chi connectivity index (χ0) is 13.5. The van der Waals surface area contributed by atoms with Gasteiger partial charge in [-0.1, -0.05) is 18.2 Å². The number of hydrogen-bond donors (Lipinski definition) is 1. The van der Waals surface area contributed by atoms with E-state index in [9.17, 15) is 5.11 Å². The lowest BCUT2D eigenvalue weighted by Gasteiger charge is -2.11. The molecule has 0 aliphatic heterocycles. The summed E-state index contributed by atoms with van der Waals surface area (Å²) in [6.07, 6.45) is 3.02. The highest BCUT2D eigenvalue weighted by molar-refractivity contribution is 7.26. The molecule has 0 bridgehead atoms. The van der Waals surface area contributed by atoms with Gasteiger partial charge in [-0.25, -0.2) is 0 Å². The zero-order valence-electron chi connectivity index (χ0n) is 10.5. The Hall–Kier alpha value is -1.75. The number of aliphatic hydroxyl groups excluding tert-OH is 1. The first-order valence-electron chi connectivity index (χ1n) is 6.30. The molecule has 3 aromatic heterocycles. The highest BCUT2D eigenvalue weighted by Crippen LogP contribution is 2.37. The molecular weight excluding hydrogens is 286 g/mol. The maximum absolute atomic E-state index is 10.7. The molecule has 1 aromatic carbocycles. The third-order valence-corrected chi connectivity index (χ3v) is 5.58. The molecule has 0 saturated carbocycles. The van der Waals surface area contributed by atoms with Crippen LogP contribution in [0.3, 0.4) is 0 Å². The SMILES string of the molecule is OC(c1cc2sccc2s1)c1cccc2cnccc12. The molecule has 0 aliphatic carbocycles. The fraction of sp³-hybridized carbons (Fsp3) is 0.0625. The highest BCUT2D eigenvalue weighted by Gasteiger charge is 2.16. The predicted octanol–water partition coefficient (Wildman–Crippen LogP) is 4.59. The molecule has 98 valence electrons. The van der Waals surface area contributed by atoms with Crippen LogP contribution < -0.4 is 0 Å². The van der Waals surface area contributed by atoms with E-state index in [4.69, 9.17) is 0 Å². The summed E-state index contributed by atoms with van der Waals surface area (Å²) in [6, 6.07) is 12.1. The molecule has 1 N–H and O–H groups in total.